The SMILES string of the molecule is CC(=O)NC(C)Cc1ccc(C#Cc2cnc(CC(C)C)nc2)cc1. The number of hydrogen-bond donors (Lipinski definition) is 1. The molecule has 25 heavy (non-hydrogen) atoms. The topological polar surface area (TPSA) is 54.9 Å². The first kappa shape index (κ1) is 18.7. The average Bonchev–Trinajstić information content (AvgIpc) is 2.54. The molecule has 0 saturated heterocycles. The lowest BCUT2D eigenvalue weighted by Crippen LogP contribution is -2.31. The predicted molar refractivity (Wildman–Crippen MR) is 100.0 cm³/mol. The molecule has 1 aromatic carbocycles. The Kier molecular flexibility index (Phi) is 6.71. The minimum absolute atomic E-state index is 0.00313. The van der Waals surface area contributed by atoms with Crippen LogP contribution in [0.5, 0.6) is 0 Å². The summed E-state index contributed by atoms with van der Waals surface area (Å²) in [5.41, 5.74) is 2.94. The van der Waals surface area contributed by atoms with Crippen LogP contribution in [0.4, 0.5) is 0 Å². The van der Waals surface area contributed by atoms with Gasteiger partial charge in [-0.05, 0) is 37.0 Å². The van der Waals surface area contributed by atoms with Crippen LogP contribution in [-0.4, -0.2) is 21.9 Å². The zero-order valence-corrected chi connectivity index (χ0v) is 15.3. The maximum atomic E-state index is 11.1. The van der Waals surface area contributed by atoms with Gasteiger partial charge in [-0.1, -0.05) is 37.8 Å². The Morgan fingerprint density at radius 3 is 2.16 bits per heavy atom. The second-order valence-electron chi connectivity index (χ2n) is 6.74. The second kappa shape index (κ2) is 8.98. The van der Waals surface area contributed by atoms with E-state index in [0.717, 1.165) is 29.8 Å². The van der Waals surface area contributed by atoms with E-state index in [1.165, 1.54) is 12.5 Å². The van der Waals surface area contributed by atoms with Crippen LogP contribution < -0.4 is 5.32 Å². The van der Waals surface area contributed by atoms with E-state index in [4.69, 9.17) is 0 Å². The average molecular weight is 335 g/mol. The number of nitrogens with zero attached hydrogens (tertiary/aromatic N) is 2. The third-order valence-electron chi connectivity index (χ3n) is 3.59. The van der Waals surface area contributed by atoms with Crippen molar-refractivity contribution >= 4 is 5.91 Å². The standard InChI is InChI=1S/C21H25N3O/c1-15(2)11-21-22-13-20(14-23-21)10-7-18-5-8-19(9-6-18)12-16(3)24-17(4)25/h5-6,8-9,13-16H,11-12H2,1-4H3,(H,24,25). The Balaban J connectivity index is 1.97. The Labute approximate surface area is 150 Å². The number of aromatic nitrogens is 2. The van der Waals surface area contributed by atoms with Gasteiger partial charge in [-0.2, -0.15) is 0 Å². The molecule has 1 amide bonds. The molecule has 0 fully saturated rings. The number of nitrogens with one attached hydrogen (secondary N) is 1. The molecule has 4 nitrogen and oxygen atoms in total. The summed E-state index contributed by atoms with van der Waals surface area (Å²) in [7, 11) is 0. The van der Waals surface area contributed by atoms with Crippen molar-refractivity contribution in [2.45, 2.75) is 46.6 Å². The molecule has 0 aliphatic heterocycles. The Morgan fingerprint density at radius 2 is 1.60 bits per heavy atom. The van der Waals surface area contributed by atoms with Gasteiger partial charge in [-0.25, -0.2) is 9.97 Å². The van der Waals surface area contributed by atoms with Gasteiger partial charge in [-0.3, -0.25) is 4.79 Å². The summed E-state index contributed by atoms with van der Waals surface area (Å²) >= 11 is 0. The fourth-order valence-corrected chi connectivity index (χ4v) is 2.51. The summed E-state index contributed by atoms with van der Waals surface area (Å²) in [6.45, 7) is 7.83. The van der Waals surface area contributed by atoms with Gasteiger partial charge in [-0.15, -0.1) is 0 Å². The van der Waals surface area contributed by atoms with Gasteiger partial charge in [0.2, 0.25) is 5.91 Å². The van der Waals surface area contributed by atoms with Gasteiger partial charge in [0.05, 0.1) is 5.56 Å². The number of hydrogen-bond acceptors (Lipinski definition) is 3. The normalized spacial score (nSPS) is 11.6. The third kappa shape index (κ3) is 6.76. The molecule has 4 heteroatoms. The zero-order chi connectivity index (χ0) is 18.2. The van der Waals surface area contributed by atoms with Crippen molar-refractivity contribution < 1.29 is 4.79 Å². The monoisotopic (exact) mass is 335 g/mol. The van der Waals surface area contributed by atoms with Crippen LogP contribution in [0.3, 0.4) is 0 Å². The number of rotatable bonds is 5. The highest BCUT2D eigenvalue weighted by Gasteiger charge is 2.04. The summed E-state index contributed by atoms with van der Waals surface area (Å²) in [5.74, 6) is 7.63. The maximum absolute atomic E-state index is 11.1. The van der Waals surface area contributed by atoms with Crippen LogP contribution in [-0.2, 0) is 17.6 Å². The lowest BCUT2D eigenvalue weighted by atomic mass is 10.1. The van der Waals surface area contributed by atoms with E-state index in [1.54, 1.807) is 12.4 Å². The minimum atomic E-state index is -0.00313. The largest absolute Gasteiger partial charge is 0.354 e. The van der Waals surface area contributed by atoms with E-state index in [1.807, 2.05) is 31.2 Å². The summed E-state index contributed by atoms with van der Waals surface area (Å²) in [6, 6.07) is 8.21. The quantitative estimate of drug-likeness (QED) is 0.854. The fourth-order valence-electron chi connectivity index (χ4n) is 2.51. The van der Waals surface area contributed by atoms with Gasteiger partial charge >= 0.3 is 0 Å². The highest BCUT2D eigenvalue weighted by molar-refractivity contribution is 5.73. The fraction of sp³-hybridized carbons (Fsp3) is 0.381. The van der Waals surface area contributed by atoms with Crippen molar-refractivity contribution in [3.8, 4) is 11.8 Å². The van der Waals surface area contributed by atoms with Gasteiger partial charge in [0, 0.05) is 37.3 Å². The molecule has 2 rings (SSSR count). The summed E-state index contributed by atoms with van der Waals surface area (Å²) in [6.07, 6.45) is 5.24. The molecule has 0 saturated carbocycles. The van der Waals surface area contributed by atoms with Gasteiger partial charge in [0.25, 0.3) is 0 Å². The van der Waals surface area contributed by atoms with Crippen LogP contribution in [0.2, 0.25) is 0 Å². The third-order valence-corrected chi connectivity index (χ3v) is 3.59. The van der Waals surface area contributed by atoms with Gasteiger partial charge < -0.3 is 5.32 Å². The molecule has 0 aliphatic rings. The molecule has 130 valence electrons. The van der Waals surface area contributed by atoms with Crippen molar-refractivity contribution in [3.05, 3.63) is 59.2 Å². The van der Waals surface area contributed by atoms with E-state index in [9.17, 15) is 4.79 Å². The molecule has 2 aromatic rings. The molecular formula is C21H25N3O. The highest BCUT2D eigenvalue weighted by atomic mass is 16.1. The lowest BCUT2D eigenvalue weighted by molar-refractivity contribution is -0.119. The van der Waals surface area contributed by atoms with Gasteiger partial charge in [0.15, 0.2) is 0 Å². The molecular weight excluding hydrogens is 310 g/mol. The van der Waals surface area contributed by atoms with E-state index >= 15 is 0 Å². The van der Waals surface area contributed by atoms with Crippen molar-refractivity contribution in [1.82, 2.24) is 15.3 Å². The first-order valence-corrected chi connectivity index (χ1v) is 8.61. The van der Waals surface area contributed by atoms with Crippen LogP contribution >= 0.6 is 0 Å². The molecule has 1 heterocycles. The highest BCUT2D eigenvalue weighted by Crippen LogP contribution is 2.07. The van der Waals surface area contributed by atoms with E-state index < -0.39 is 0 Å². The molecule has 1 N–H and O–H groups in total. The molecule has 1 atom stereocenters. The molecule has 0 bridgehead atoms. The van der Waals surface area contributed by atoms with Gasteiger partial charge in [0.1, 0.15) is 5.82 Å². The van der Waals surface area contributed by atoms with E-state index in [-0.39, 0.29) is 11.9 Å². The van der Waals surface area contributed by atoms with Crippen molar-refractivity contribution in [2.75, 3.05) is 0 Å². The first-order chi connectivity index (χ1) is 11.9. The molecule has 1 unspecified atom stereocenters. The van der Waals surface area contributed by atoms with E-state index in [2.05, 4.69) is 41.0 Å². The Bertz CT molecular complexity index is 752. The van der Waals surface area contributed by atoms with Crippen LogP contribution in [0.25, 0.3) is 0 Å². The Morgan fingerprint density at radius 1 is 1.00 bits per heavy atom. The smallest absolute Gasteiger partial charge is 0.217 e. The minimum Gasteiger partial charge on any atom is -0.354 e. The summed E-state index contributed by atoms with van der Waals surface area (Å²) in [4.78, 5) is 19.8. The first-order valence-electron chi connectivity index (χ1n) is 8.61. The summed E-state index contributed by atoms with van der Waals surface area (Å²) in [5, 5.41) is 2.89. The molecule has 0 aliphatic carbocycles. The summed E-state index contributed by atoms with van der Waals surface area (Å²) < 4.78 is 0. The number of carbonyl (C=O) groups excluding carboxylic acids is 1. The molecule has 1 aromatic heterocycles. The lowest BCUT2D eigenvalue weighted by Gasteiger charge is -2.12. The predicted octanol–water partition coefficient (Wildman–Crippen LogP) is 3.14. The molecule has 0 radical (unpaired) electrons. The Hall–Kier alpha value is -2.67. The maximum Gasteiger partial charge on any atom is 0.217 e. The number of carbonyl (C=O) groups is 1. The zero-order valence-electron chi connectivity index (χ0n) is 15.3. The van der Waals surface area contributed by atoms with Crippen molar-refractivity contribution in [1.29, 1.82) is 0 Å². The molecule has 0 spiro atoms. The van der Waals surface area contributed by atoms with Crippen LogP contribution in [0.1, 0.15) is 50.2 Å². The van der Waals surface area contributed by atoms with Crippen molar-refractivity contribution in [2.24, 2.45) is 5.92 Å². The van der Waals surface area contributed by atoms with E-state index in [0.29, 0.717) is 5.92 Å². The van der Waals surface area contributed by atoms with Crippen LogP contribution in [0, 0.1) is 17.8 Å². The number of benzene rings is 1. The van der Waals surface area contributed by atoms with Crippen LogP contribution in [0.15, 0.2) is 36.7 Å². The second-order valence-corrected chi connectivity index (χ2v) is 6.74. The van der Waals surface area contributed by atoms with Crippen molar-refractivity contribution in [3.63, 3.8) is 0 Å². The number of amides is 1.